The van der Waals surface area contributed by atoms with Gasteiger partial charge in [-0.3, -0.25) is 9.55 Å². The van der Waals surface area contributed by atoms with Crippen LogP contribution in [-0.2, 0) is 35.0 Å². The summed E-state index contributed by atoms with van der Waals surface area (Å²) in [4.78, 5) is 43.1. The molecule has 0 aliphatic carbocycles. The van der Waals surface area contributed by atoms with Gasteiger partial charge in [0, 0.05) is 18.2 Å². The second-order valence-corrected chi connectivity index (χ2v) is 10.2. The smallest absolute Gasteiger partial charge is 0.350 e. The third-order valence-electron chi connectivity index (χ3n) is 7.06. The summed E-state index contributed by atoms with van der Waals surface area (Å²) < 4.78 is 39.0. The van der Waals surface area contributed by atoms with Crippen molar-refractivity contribution in [3.8, 4) is 11.3 Å². The summed E-state index contributed by atoms with van der Waals surface area (Å²) in [7, 11) is 0. The van der Waals surface area contributed by atoms with Crippen molar-refractivity contribution >= 4 is 40.5 Å². The van der Waals surface area contributed by atoms with Gasteiger partial charge in [0.05, 0.1) is 31.8 Å². The van der Waals surface area contributed by atoms with Gasteiger partial charge in [-0.1, -0.05) is 30.3 Å². The van der Waals surface area contributed by atoms with Crippen molar-refractivity contribution < 1.29 is 38.0 Å². The molecular weight excluding hydrogens is 599 g/mol. The van der Waals surface area contributed by atoms with Crippen molar-refractivity contribution in [1.29, 1.82) is 0 Å². The summed E-state index contributed by atoms with van der Waals surface area (Å²) in [5, 5.41) is 10.6. The van der Waals surface area contributed by atoms with Crippen LogP contribution in [0, 0.1) is 0 Å². The lowest BCUT2D eigenvalue weighted by molar-refractivity contribution is -0.197. The molecule has 1 aliphatic rings. The van der Waals surface area contributed by atoms with E-state index < -0.39 is 48.8 Å². The number of benzene rings is 1. The number of rotatable bonds is 11. The molecule has 3 aromatic heterocycles. The van der Waals surface area contributed by atoms with Crippen LogP contribution < -0.4 is 5.73 Å². The molecule has 0 bridgehead atoms. The average molecular weight is 629 g/mol. The SMILES string of the molecule is CCOC(=O)C(Cc1ccc(-c2ccccn2)cc1)(OC[C@H]1O[C@@H](n2cnc3c(N)nc(Cl)nc32)[C@@H](F)[C@@H]1O)C(=O)OCC. The molecule has 0 saturated carbocycles. The second-order valence-electron chi connectivity index (χ2n) is 9.87. The number of nitrogen functional groups attached to an aromatic ring is 1. The van der Waals surface area contributed by atoms with E-state index in [1.807, 2.05) is 12.1 Å². The Hall–Kier alpha value is -4.24. The molecule has 0 unspecified atom stereocenters. The summed E-state index contributed by atoms with van der Waals surface area (Å²) in [6.07, 6.45) is -3.80. The molecule has 13 nitrogen and oxygen atoms in total. The molecule has 1 fully saturated rings. The Bertz CT molecular complexity index is 1610. The summed E-state index contributed by atoms with van der Waals surface area (Å²) in [5.74, 6) is -2.03. The zero-order chi connectivity index (χ0) is 31.4. The minimum absolute atomic E-state index is 0.0192. The van der Waals surface area contributed by atoms with Crippen molar-refractivity contribution in [1.82, 2.24) is 24.5 Å². The molecule has 0 radical (unpaired) electrons. The third-order valence-corrected chi connectivity index (χ3v) is 7.23. The topological polar surface area (TPSA) is 174 Å². The lowest BCUT2D eigenvalue weighted by atomic mass is 9.93. The van der Waals surface area contributed by atoms with E-state index in [0.29, 0.717) is 5.56 Å². The summed E-state index contributed by atoms with van der Waals surface area (Å²) in [5.41, 5.74) is 5.91. The van der Waals surface area contributed by atoms with E-state index in [-0.39, 0.29) is 41.9 Å². The summed E-state index contributed by atoms with van der Waals surface area (Å²) in [6, 6.07) is 12.5. The van der Waals surface area contributed by atoms with E-state index in [4.69, 9.17) is 36.3 Å². The van der Waals surface area contributed by atoms with E-state index in [1.165, 1.54) is 10.9 Å². The number of nitrogens with two attached hydrogens (primary N) is 1. The number of esters is 2. The first-order chi connectivity index (χ1) is 21.2. The summed E-state index contributed by atoms with van der Waals surface area (Å²) >= 11 is 5.93. The minimum atomic E-state index is -2.29. The molecule has 232 valence electrons. The van der Waals surface area contributed by atoms with E-state index in [2.05, 4.69) is 19.9 Å². The van der Waals surface area contributed by atoms with Gasteiger partial charge in [0.15, 0.2) is 23.9 Å². The number of ether oxygens (including phenoxy) is 4. The van der Waals surface area contributed by atoms with Gasteiger partial charge in [-0.25, -0.2) is 19.0 Å². The number of aromatic nitrogens is 5. The van der Waals surface area contributed by atoms with Crippen LogP contribution in [-0.4, -0.2) is 85.3 Å². The molecule has 4 atom stereocenters. The molecule has 1 aromatic carbocycles. The second kappa shape index (κ2) is 13.2. The van der Waals surface area contributed by atoms with Crippen LogP contribution in [0.3, 0.4) is 0 Å². The lowest BCUT2D eigenvalue weighted by Crippen LogP contribution is -2.54. The Morgan fingerprint density at radius 2 is 1.80 bits per heavy atom. The standard InChI is InChI=1S/C29H30ClFN6O7/c1-3-41-26(39)29(27(40)42-4-2,13-16-8-10-17(11-9-16)18-7-5-6-12-33-18)43-14-19-22(38)20(31)25(44-19)37-15-34-21-23(32)35-28(30)36-24(21)37/h5-12,15,19-20,22,25,38H,3-4,13-14H2,1-2H3,(H2,32,35,36)/t19-,20+,22-,25-/m1/s1. The molecular formula is C29H30ClFN6O7. The first-order valence-corrected chi connectivity index (χ1v) is 14.2. The van der Waals surface area contributed by atoms with Crippen molar-refractivity contribution in [2.75, 3.05) is 25.6 Å². The number of aliphatic hydroxyl groups excluding tert-OH is 1. The maximum Gasteiger partial charge on any atom is 0.350 e. The Labute approximate surface area is 256 Å². The first kappa shape index (κ1) is 31.2. The van der Waals surface area contributed by atoms with Crippen LogP contribution in [0.15, 0.2) is 55.0 Å². The molecule has 1 aliphatic heterocycles. The largest absolute Gasteiger partial charge is 0.463 e. The first-order valence-electron chi connectivity index (χ1n) is 13.8. The average Bonchev–Trinajstić information content (AvgIpc) is 3.56. The number of alkyl halides is 1. The van der Waals surface area contributed by atoms with Crippen molar-refractivity contribution in [3.05, 3.63) is 65.8 Å². The monoisotopic (exact) mass is 628 g/mol. The Morgan fingerprint density at radius 1 is 1.09 bits per heavy atom. The number of anilines is 1. The fourth-order valence-electron chi connectivity index (χ4n) is 4.89. The van der Waals surface area contributed by atoms with Gasteiger partial charge in [-0.2, -0.15) is 9.97 Å². The van der Waals surface area contributed by atoms with E-state index in [1.54, 1.807) is 50.4 Å². The van der Waals surface area contributed by atoms with Gasteiger partial charge in [-0.15, -0.1) is 0 Å². The van der Waals surface area contributed by atoms with Gasteiger partial charge in [0.1, 0.15) is 17.7 Å². The highest BCUT2D eigenvalue weighted by Gasteiger charge is 2.53. The van der Waals surface area contributed by atoms with Crippen molar-refractivity contribution in [3.63, 3.8) is 0 Å². The number of carbonyl (C=O) groups is 2. The van der Waals surface area contributed by atoms with Crippen molar-refractivity contribution in [2.45, 2.75) is 50.5 Å². The quantitative estimate of drug-likeness (QED) is 0.141. The van der Waals surface area contributed by atoms with E-state index in [0.717, 1.165) is 11.3 Å². The number of hydrogen-bond acceptors (Lipinski definition) is 12. The van der Waals surface area contributed by atoms with Gasteiger partial charge in [0.2, 0.25) is 5.28 Å². The maximum absolute atomic E-state index is 15.5. The van der Waals surface area contributed by atoms with Gasteiger partial charge < -0.3 is 29.8 Å². The van der Waals surface area contributed by atoms with Crippen LogP contribution >= 0.6 is 11.6 Å². The number of carbonyl (C=O) groups excluding carboxylic acids is 2. The normalized spacial score (nSPS) is 20.1. The molecule has 44 heavy (non-hydrogen) atoms. The Morgan fingerprint density at radius 3 is 2.43 bits per heavy atom. The number of hydrogen-bond donors (Lipinski definition) is 2. The molecule has 4 heterocycles. The number of fused-ring (bicyclic) bond motifs is 1. The number of pyridine rings is 1. The molecule has 1 saturated heterocycles. The maximum atomic E-state index is 15.5. The minimum Gasteiger partial charge on any atom is -0.463 e. The number of halogens is 2. The van der Waals surface area contributed by atoms with Gasteiger partial charge >= 0.3 is 11.9 Å². The predicted octanol–water partition coefficient (Wildman–Crippen LogP) is 2.84. The van der Waals surface area contributed by atoms with Crippen LogP contribution in [0.4, 0.5) is 10.2 Å². The fraction of sp³-hybridized carbons (Fsp3) is 0.379. The number of imidazole rings is 1. The zero-order valence-electron chi connectivity index (χ0n) is 23.8. The van der Waals surface area contributed by atoms with Crippen LogP contribution in [0.5, 0.6) is 0 Å². The number of aliphatic hydroxyl groups is 1. The molecule has 5 rings (SSSR count). The highest BCUT2D eigenvalue weighted by Crippen LogP contribution is 2.36. The number of nitrogens with zero attached hydrogens (tertiary/aromatic N) is 5. The van der Waals surface area contributed by atoms with Crippen LogP contribution in [0.2, 0.25) is 5.28 Å². The van der Waals surface area contributed by atoms with E-state index >= 15 is 4.39 Å². The molecule has 0 spiro atoms. The third kappa shape index (κ3) is 6.06. The highest BCUT2D eigenvalue weighted by atomic mass is 35.5. The van der Waals surface area contributed by atoms with Crippen LogP contribution in [0.25, 0.3) is 22.4 Å². The predicted molar refractivity (Wildman–Crippen MR) is 155 cm³/mol. The van der Waals surface area contributed by atoms with Crippen LogP contribution in [0.1, 0.15) is 25.6 Å². The molecule has 0 amide bonds. The van der Waals surface area contributed by atoms with Crippen molar-refractivity contribution in [2.24, 2.45) is 0 Å². The molecule has 4 aromatic rings. The summed E-state index contributed by atoms with van der Waals surface area (Å²) in [6.45, 7) is 2.47. The molecule has 15 heteroatoms. The van der Waals surface area contributed by atoms with E-state index in [9.17, 15) is 14.7 Å². The lowest BCUT2D eigenvalue weighted by Gasteiger charge is -2.30. The Kier molecular flexibility index (Phi) is 9.34. The van der Waals surface area contributed by atoms with Gasteiger partial charge in [0.25, 0.3) is 5.60 Å². The fourth-order valence-corrected chi connectivity index (χ4v) is 5.06. The zero-order valence-corrected chi connectivity index (χ0v) is 24.6. The molecule has 3 N–H and O–H groups in total. The van der Waals surface area contributed by atoms with Gasteiger partial charge in [-0.05, 0) is 43.1 Å². The Balaban J connectivity index is 1.41. The highest BCUT2D eigenvalue weighted by molar-refractivity contribution is 6.28.